The molecule has 4 heterocycles. The number of anilines is 1. The van der Waals surface area contributed by atoms with Crippen LogP contribution in [0.5, 0.6) is 0 Å². The second-order valence-corrected chi connectivity index (χ2v) is 5.81. The quantitative estimate of drug-likeness (QED) is 0.831. The van der Waals surface area contributed by atoms with E-state index in [4.69, 9.17) is 4.52 Å². The molecule has 0 spiro atoms. The van der Waals surface area contributed by atoms with E-state index in [1.165, 1.54) is 6.20 Å². The number of aryl methyl sites for hydroxylation is 1. The van der Waals surface area contributed by atoms with Crippen molar-refractivity contribution in [1.29, 1.82) is 0 Å². The van der Waals surface area contributed by atoms with Crippen molar-refractivity contribution in [3.05, 3.63) is 35.9 Å². The Bertz CT molecular complexity index is 670. The van der Waals surface area contributed by atoms with Gasteiger partial charge in [0.1, 0.15) is 0 Å². The Hall–Kier alpha value is -2.44. The Kier molecular flexibility index (Phi) is 3.06. The number of likely N-dealkylation sites (tertiary alicyclic amines) is 1. The zero-order valence-corrected chi connectivity index (χ0v) is 12.3. The number of amides is 1. The summed E-state index contributed by atoms with van der Waals surface area (Å²) in [5, 5.41) is 12.0. The van der Waals surface area contributed by atoms with Crippen molar-refractivity contribution >= 4 is 11.7 Å². The van der Waals surface area contributed by atoms with Crippen LogP contribution in [0.1, 0.15) is 29.1 Å². The van der Waals surface area contributed by atoms with Crippen LogP contribution in [0, 0.1) is 6.92 Å². The number of carbonyl (C=O) groups excluding carboxylic acids is 1. The topological polar surface area (TPSA) is 75.4 Å². The van der Waals surface area contributed by atoms with E-state index in [2.05, 4.69) is 20.3 Å². The summed E-state index contributed by atoms with van der Waals surface area (Å²) in [5.41, 5.74) is 0.910. The number of hydrogen-bond acceptors (Lipinski definition) is 6. The minimum absolute atomic E-state index is 0.0677. The van der Waals surface area contributed by atoms with Crippen molar-refractivity contribution in [3.8, 4) is 0 Å². The highest BCUT2D eigenvalue weighted by Gasteiger charge is 2.45. The average molecular weight is 299 g/mol. The van der Waals surface area contributed by atoms with Crippen molar-refractivity contribution in [3.63, 3.8) is 0 Å². The van der Waals surface area contributed by atoms with E-state index in [-0.39, 0.29) is 11.9 Å². The smallest absolute Gasteiger partial charge is 0.292 e. The highest BCUT2D eigenvalue weighted by molar-refractivity contribution is 5.92. The molecule has 1 amide bonds. The normalized spacial score (nSPS) is 23.9. The summed E-state index contributed by atoms with van der Waals surface area (Å²) < 4.78 is 5.00. The fraction of sp³-hybridized carbons (Fsp3) is 0.467. The molecular weight excluding hydrogens is 282 g/mol. The van der Waals surface area contributed by atoms with Crippen LogP contribution in [0.25, 0.3) is 0 Å². The molecule has 0 saturated carbocycles. The number of nitrogens with zero attached hydrogens (tertiary/aromatic N) is 5. The predicted molar refractivity (Wildman–Crippen MR) is 78.5 cm³/mol. The van der Waals surface area contributed by atoms with Gasteiger partial charge in [-0.05, 0) is 31.9 Å². The van der Waals surface area contributed by atoms with Gasteiger partial charge in [-0.1, -0.05) is 5.16 Å². The van der Waals surface area contributed by atoms with E-state index in [1.54, 1.807) is 6.07 Å². The Morgan fingerprint density at radius 1 is 1.18 bits per heavy atom. The maximum absolute atomic E-state index is 12.5. The summed E-state index contributed by atoms with van der Waals surface area (Å²) in [7, 11) is 0. The second kappa shape index (κ2) is 5.08. The molecule has 2 fully saturated rings. The molecule has 2 aromatic rings. The lowest BCUT2D eigenvalue weighted by molar-refractivity contribution is 0.0695. The predicted octanol–water partition coefficient (Wildman–Crippen LogP) is 1.27. The van der Waals surface area contributed by atoms with Gasteiger partial charge in [0.15, 0.2) is 5.82 Å². The van der Waals surface area contributed by atoms with E-state index in [0.717, 1.165) is 37.4 Å². The summed E-state index contributed by atoms with van der Waals surface area (Å²) >= 11 is 0. The fourth-order valence-corrected chi connectivity index (χ4v) is 3.54. The van der Waals surface area contributed by atoms with Crippen molar-refractivity contribution in [1.82, 2.24) is 20.3 Å². The monoisotopic (exact) mass is 299 g/mol. The maximum Gasteiger partial charge on any atom is 0.292 e. The third kappa shape index (κ3) is 2.04. The van der Waals surface area contributed by atoms with E-state index >= 15 is 0 Å². The molecule has 4 rings (SSSR count). The lowest BCUT2D eigenvalue weighted by Gasteiger charge is -2.25. The number of fused-ring (bicyclic) bond motifs is 1. The Labute approximate surface area is 127 Å². The summed E-state index contributed by atoms with van der Waals surface area (Å²) in [5.74, 6) is 1.14. The lowest BCUT2D eigenvalue weighted by Crippen LogP contribution is -2.39. The van der Waals surface area contributed by atoms with Crippen LogP contribution >= 0.6 is 0 Å². The van der Waals surface area contributed by atoms with Crippen LogP contribution in [-0.4, -0.2) is 51.3 Å². The third-order valence-electron chi connectivity index (χ3n) is 4.56. The first-order valence-electron chi connectivity index (χ1n) is 7.52. The molecule has 0 aliphatic carbocycles. The molecule has 0 unspecified atom stereocenters. The molecular formula is C15H17N5O2. The first-order valence-corrected chi connectivity index (χ1v) is 7.52. The van der Waals surface area contributed by atoms with Gasteiger partial charge in [0.2, 0.25) is 5.76 Å². The van der Waals surface area contributed by atoms with Crippen LogP contribution in [-0.2, 0) is 0 Å². The van der Waals surface area contributed by atoms with Gasteiger partial charge < -0.3 is 14.3 Å². The van der Waals surface area contributed by atoms with Gasteiger partial charge in [0.05, 0.1) is 24.0 Å². The van der Waals surface area contributed by atoms with Gasteiger partial charge in [-0.3, -0.25) is 4.79 Å². The van der Waals surface area contributed by atoms with Gasteiger partial charge in [-0.25, -0.2) is 0 Å². The van der Waals surface area contributed by atoms with Crippen LogP contribution in [0.2, 0.25) is 0 Å². The molecule has 0 N–H and O–H groups in total. The Balaban J connectivity index is 1.54. The number of carbonyl (C=O) groups is 1. The maximum atomic E-state index is 12.5. The first-order chi connectivity index (χ1) is 10.7. The molecule has 0 aromatic carbocycles. The molecule has 2 saturated heterocycles. The molecule has 22 heavy (non-hydrogen) atoms. The summed E-state index contributed by atoms with van der Waals surface area (Å²) in [6.45, 7) is 3.56. The largest absolute Gasteiger partial charge is 0.351 e. The summed E-state index contributed by atoms with van der Waals surface area (Å²) in [6, 6.07) is 6.12. The van der Waals surface area contributed by atoms with Crippen molar-refractivity contribution in [2.45, 2.75) is 31.8 Å². The van der Waals surface area contributed by atoms with Crippen LogP contribution < -0.4 is 4.90 Å². The van der Waals surface area contributed by atoms with Crippen molar-refractivity contribution in [2.24, 2.45) is 0 Å². The molecule has 0 bridgehead atoms. The fourth-order valence-electron chi connectivity index (χ4n) is 3.54. The van der Waals surface area contributed by atoms with Crippen LogP contribution in [0.3, 0.4) is 0 Å². The SMILES string of the molecule is Cc1ccc(N2CC[C@@H]3[C@@H]2CCN3C(=O)c2ccno2)nn1. The van der Waals surface area contributed by atoms with E-state index in [0.29, 0.717) is 11.8 Å². The Morgan fingerprint density at radius 2 is 2.05 bits per heavy atom. The van der Waals surface area contributed by atoms with Gasteiger partial charge >= 0.3 is 0 Å². The molecule has 0 radical (unpaired) electrons. The zero-order chi connectivity index (χ0) is 15.1. The third-order valence-corrected chi connectivity index (χ3v) is 4.56. The molecule has 114 valence electrons. The lowest BCUT2D eigenvalue weighted by atomic mass is 10.1. The van der Waals surface area contributed by atoms with Gasteiger partial charge in [0, 0.05) is 19.2 Å². The molecule has 2 atom stereocenters. The van der Waals surface area contributed by atoms with E-state index in [1.807, 2.05) is 24.0 Å². The first kappa shape index (κ1) is 13.2. The van der Waals surface area contributed by atoms with E-state index in [9.17, 15) is 4.79 Å². The second-order valence-electron chi connectivity index (χ2n) is 5.81. The molecule has 7 nitrogen and oxygen atoms in total. The van der Waals surface area contributed by atoms with Crippen LogP contribution in [0.15, 0.2) is 28.9 Å². The highest BCUT2D eigenvalue weighted by Crippen LogP contribution is 2.34. The average Bonchev–Trinajstić information content (AvgIpc) is 3.25. The van der Waals surface area contributed by atoms with E-state index < -0.39 is 0 Å². The number of rotatable bonds is 2. The molecule has 7 heteroatoms. The number of hydrogen-bond donors (Lipinski definition) is 0. The van der Waals surface area contributed by atoms with Crippen molar-refractivity contribution in [2.75, 3.05) is 18.0 Å². The number of aromatic nitrogens is 3. The highest BCUT2D eigenvalue weighted by atomic mass is 16.5. The molecule has 2 aromatic heterocycles. The standard InChI is InChI=1S/C15H17N5O2/c1-10-2-3-14(18-17-10)19-8-5-12-11(19)6-9-20(12)15(21)13-4-7-16-22-13/h2-4,7,11-12H,5-6,8-9H2,1H3/t11-,12+/m0/s1. The van der Waals surface area contributed by atoms with Crippen LogP contribution in [0.4, 0.5) is 5.82 Å². The van der Waals surface area contributed by atoms with Gasteiger partial charge in [-0.2, -0.15) is 5.10 Å². The zero-order valence-electron chi connectivity index (χ0n) is 12.3. The minimum atomic E-state index is -0.0677. The minimum Gasteiger partial charge on any atom is -0.351 e. The molecule has 2 aliphatic rings. The molecule has 2 aliphatic heterocycles. The van der Waals surface area contributed by atoms with Crippen molar-refractivity contribution < 1.29 is 9.32 Å². The van der Waals surface area contributed by atoms with Gasteiger partial charge in [0.25, 0.3) is 5.91 Å². The van der Waals surface area contributed by atoms with Gasteiger partial charge in [-0.15, -0.1) is 5.10 Å². The summed E-state index contributed by atoms with van der Waals surface area (Å²) in [4.78, 5) is 16.7. The Morgan fingerprint density at radius 3 is 2.77 bits per heavy atom. The summed E-state index contributed by atoms with van der Waals surface area (Å²) in [6.07, 6.45) is 3.39.